The van der Waals surface area contributed by atoms with Crippen molar-refractivity contribution in [2.24, 2.45) is 0 Å². The lowest BCUT2D eigenvalue weighted by Crippen LogP contribution is -2.24. The van der Waals surface area contributed by atoms with E-state index in [4.69, 9.17) is 4.74 Å². The Balaban J connectivity index is 2.69. The molecule has 0 unspecified atom stereocenters. The number of amides is 1. The number of unbranched alkanes of at least 4 members (excludes halogenated alkanes) is 3. The highest BCUT2D eigenvalue weighted by atomic mass is 16.6. The van der Waals surface area contributed by atoms with E-state index in [1.807, 2.05) is 51.1 Å². The third kappa shape index (κ3) is 11.1. The zero-order valence-corrected chi connectivity index (χ0v) is 17.1. The van der Waals surface area contributed by atoms with Crippen molar-refractivity contribution in [2.75, 3.05) is 0 Å². The molecule has 0 fully saturated rings. The summed E-state index contributed by atoms with van der Waals surface area (Å²) in [5.41, 5.74) is 1.21. The summed E-state index contributed by atoms with van der Waals surface area (Å²) < 4.78 is 5.24. The van der Waals surface area contributed by atoms with Gasteiger partial charge in [0.05, 0.1) is 0 Å². The maximum Gasteiger partial charge on any atom is 0.331 e. The first-order chi connectivity index (χ1) is 12.8. The van der Waals surface area contributed by atoms with Gasteiger partial charge in [-0.05, 0) is 39.2 Å². The lowest BCUT2D eigenvalue weighted by molar-refractivity contribution is -0.148. The second kappa shape index (κ2) is 12.1. The van der Waals surface area contributed by atoms with Crippen LogP contribution < -0.4 is 5.32 Å². The first-order valence-electron chi connectivity index (χ1n) is 9.74. The van der Waals surface area contributed by atoms with Gasteiger partial charge in [-0.2, -0.15) is 0 Å². The van der Waals surface area contributed by atoms with E-state index in [2.05, 4.69) is 12.2 Å². The Morgan fingerprint density at radius 3 is 2.41 bits per heavy atom. The molecule has 1 aromatic carbocycles. The lowest BCUT2D eigenvalue weighted by atomic mass is 10.0. The van der Waals surface area contributed by atoms with Crippen molar-refractivity contribution < 1.29 is 14.3 Å². The molecule has 1 aromatic rings. The Kier molecular flexibility index (Phi) is 10.2. The van der Waals surface area contributed by atoms with Crippen LogP contribution in [-0.4, -0.2) is 17.5 Å². The topological polar surface area (TPSA) is 55.4 Å². The number of nitrogens with one attached hydrogen (secondary N) is 1. The lowest BCUT2D eigenvalue weighted by Gasteiger charge is -2.17. The number of allylic oxidation sites excluding steroid dienone is 2. The Bertz CT molecular complexity index is 639. The Morgan fingerprint density at radius 2 is 1.78 bits per heavy atom. The average Bonchev–Trinajstić information content (AvgIpc) is 2.61. The van der Waals surface area contributed by atoms with Gasteiger partial charge in [0.15, 0.2) is 0 Å². The molecule has 0 radical (unpaired) electrons. The number of carbonyl (C=O) groups is 2. The van der Waals surface area contributed by atoms with Crippen molar-refractivity contribution in [3.8, 4) is 0 Å². The fraction of sp³-hybridized carbons (Fsp3) is 0.478. The van der Waals surface area contributed by atoms with Crippen LogP contribution in [0.2, 0.25) is 0 Å². The van der Waals surface area contributed by atoms with Gasteiger partial charge < -0.3 is 10.1 Å². The summed E-state index contributed by atoms with van der Waals surface area (Å²) in [4.78, 5) is 24.3. The Labute approximate surface area is 163 Å². The molecule has 27 heavy (non-hydrogen) atoms. The van der Waals surface area contributed by atoms with Crippen LogP contribution in [0.4, 0.5) is 0 Å². The predicted octanol–water partition coefficient (Wildman–Crippen LogP) is 5.10. The maximum atomic E-state index is 12.6. The van der Waals surface area contributed by atoms with E-state index in [1.54, 1.807) is 12.2 Å². The minimum Gasteiger partial charge on any atom is -0.457 e. The first-order valence-corrected chi connectivity index (χ1v) is 9.74. The van der Waals surface area contributed by atoms with Gasteiger partial charge in [-0.1, -0.05) is 68.7 Å². The van der Waals surface area contributed by atoms with Crippen LogP contribution >= 0.6 is 0 Å². The minimum atomic E-state index is -0.527. The van der Waals surface area contributed by atoms with Crippen molar-refractivity contribution in [2.45, 2.75) is 71.9 Å². The quantitative estimate of drug-likeness (QED) is 0.269. The monoisotopic (exact) mass is 371 g/mol. The summed E-state index contributed by atoms with van der Waals surface area (Å²) in [6, 6.07) is 9.81. The van der Waals surface area contributed by atoms with E-state index in [-0.39, 0.29) is 5.91 Å². The fourth-order valence-electron chi connectivity index (χ4n) is 2.49. The number of benzene rings is 1. The van der Waals surface area contributed by atoms with E-state index < -0.39 is 11.6 Å². The van der Waals surface area contributed by atoms with E-state index in [9.17, 15) is 9.59 Å². The van der Waals surface area contributed by atoms with E-state index in [0.717, 1.165) is 31.2 Å². The predicted molar refractivity (Wildman–Crippen MR) is 110 cm³/mol. The van der Waals surface area contributed by atoms with Gasteiger partial charge in [-0.15, -0.1) is 0 Å². The minimum absolute atomic E-state index is 0.0933. The second-order valence-electron chi connectivity index (χ2n) is 7.56. The third-order valence-corrected chi connectivity index (χ3v) is 3.82. The Morgan fingerprint density at radius 1 is 1.07 bits per heavy atom. The van der Waals surface area contributed by atoms with Gasteiger partial charge >= 0.3 is 5.97 Å². The van der Waals surface area contributed by atoms with Crippen LogP contribution in [0.5, 0.6) is 0 Å². The number of hydrogen-bond acceptors (Lipinski definition) is 3. The van der Waals surface area contributed by atoms with Crippen molar-refractivity contribution >= 4 is 11.9 Å². The molecule has 148 valence electrons. The standard InChI is InChI=1S/C23H33NO3/c1-5-6-7-11-15-20(16-12-17-21(25)27-23(2,3)4)22(26)24-18-19-13-9-8-10-14-19/h8-10,12-14,16-17H,5-7,11,15,18H2,1-4H3,(H,24,26)/b17-12+,20-16-. The molecule has 0 saturated carbocycles. The molecule has 0 aliphatic rings. The maximum absolute atomic E-state index is 12.6. The van der Waals surface area contributed by atoms with E-state index in [0.29, 0.717) is 18.5 Å². The van der Waals surface area contributed by atoms with Crippen molar-refractivity contribution in [1.82, 2.24) is 5.32 Å². The van der Waals surface area contributed by atoms with Gasteiger partial charge in [0.25, 0.3) is 0 Å². The number of carbonyl (C=O) groups excluding carboxylic acids is 2. The summed E-state index contributed by atoms with van der Waals surface area (Å²) >= 11 is 0. The highest BCUT2D eigenvalue weighted by Gasteiger charge is 2.14. The number of hydrogen-bond donors (Lipinski definition) is 1. The largest absolute Gasteiger partial charge is 0.457 e. The summed E-state index contributed by atoms with van der Waals surface area (Å²) in [6.45, 7) is 8.12. The smallest absolute Gasteiger partial charge is 0.331 e. The molecular weight excluding hydrogens is 338 g/mol. The van der Waals surface area contributed by atoms with Crippen LogP contribution in [0.25, 0.3) is 0 Å². The van der Waals surface area contributed by atoms with Gasteiger partial charge in [0, 0.05) is 18.2 Å². The normalized spacial score (nSPS) is 12.2. The van der Waals surface area contributed by atoms with Gasteiger partial charge in [0.2, 0.25) is 5.91 Å². The molecule has 0 aliphatic carbocycles. The molecule has 0 spiro atoms. The highest BCUT2D eigenvalue weighted by molar-refractivity contribution is 5.94. The number of rotatable bonds is 10. The molecule has 0 atom stereocenters. The summed E-state index contributed by atoms with van der Waals surface area (Å²) in [5.74, 6) is -0.502. The molecule has 4 nitrogen and oxygen atoms in total. The SMILES string of the molecule is CCCCCC/C(=C/C=C/C(=O)OC(C)(C)C)C(=O)NCc1ccccc1. The van der Waals surface area contributed by atoms with Crippen LogP contribution in [0, 0.1) is 0 Å². The summed E-state index contributed by atoms with van der Waals surface area (Å²) in [6.07, 6.45) is 9.74. The number of esters is 1. The molecule has 4 heteroatoms. The Hall–Kier alpha value is -2.36. The van der Waals surface area contributed by atoms with Crippen LogP contribution in [0.1, 0.15) is 65.4 Å². The van der Waals surface area contributed by atoms with Crippen molar-refractivity contribution in [3.63, 3.8) is 0 Å². The van der Waals surface area contributed by atoms with E-state index in [1.165, 1.54) is 6.08 Å². The van der Waals surface area contributed by atoms with Crippen LogP contribution in [-0.2, 0) is 20.9 Å². The van der Waals surface area contributed by atoms with E-state index >= 15 is 0 Å². The number of ether oxygens (including phenoxy) is 1. The second-order valence-corrected chi connectivity index (χ2v) is 7.56. The zero-order chi connectivity index (χ0) is 20.1. The van der Waals surface area contributed by atoms with Gasteiger partial charge in [-0.25, -0.2) is 4.79 Å². The molecule has 0 aliphatic heterocycles. The molecule has 1 rings (SSSR count). The van der Waals surface area contributed by atoms with Gasteiger partial charge in [0.1, 0.15) is 5.60 Å². The van der Waals surface area contributed by atoms with Gasteiger partial charge in [-0.3, -0.25) is 4.79 Å². The molecule has 1 N–H and O–H groups in total. The average molecular weight is 372 g/mol. The van der Waals surface area contributed by atoms with Crippen LogP contribution in [0.3, 0.4) is 0 Å². The first kappa shape index (κ1) is 22.7. The fourth-order valence-corrected chi connectivity index (χ4v) is 2.49. The zero-order valence-electron chi connectivity index (χ0n) is 17.1. The van der Waals surface area contributed by atoms with Crippen molar-refractivity contribution in [1.29, 1.82) is 0 Å². The summed E-state index contributed by atoms with van der Waals surface area (Å²) in [5, 5.41) is 2.96. The molecule has 1 amide bonds. The molecule has 0 heterocycles. The van der Waals surface area contributed by atoms with Crippen LogP contribution in [0.15, 0.2) is 54.1 Å². The summed E-state index contributed by atoms with van der Waals surface area (Å²) in [7, 11) is 0. The third-order valence-electron chi connectivity index (χ3n) is 3.82. The highest BCUT2D eigenvalue weighted by Crippen LogP contribution is 2.12. The molecular formula is C23H33NO3. The molecule has 0 saturated heterocycles. The molecule has 0 aromatic heterocycles. The molecule has 0 bridgehead atoms. The van der Waals surface area contributed by atoms with Crippen molar-refractivity contribution in [3.05, 3.63) is 59.7 Å².